The van der Waals surface area contributed by atoms with E-state index in [2.05, 4.69) is 120 Å². The van der Waals surface area contributed by atoms with Crippen LogP contribution in [0, 0.1) is 20.7 Å². The van der Waals surface area contributed by atoms with Crippen molar-refractivity contribution < 1.29 is 10.6 Å². The topological polar surface area (TPSA) is 50.9 Å². The molecule has 0 unspecified atom stereocenters. The van der Waals surface area contributed by atoms with Crippen molar-refractivity contribution in [2.45, 2.75) is 118 Å². The zero-order chi connectivity index (χ0) is 52.9. The molecule has 0 saturated heterocycles. The molecule has 0 radical (unpaired) electrons. The Morgan fingerprint density at radius 2 is 1.21 bits per heavy atom. The highest BCUT2D eigenvalue weighted by Crippen LogP contribution is 2.47. The zero-order valence-electron chi connectivity index (χ0n) is 46.6. The van der Waals surface area contributed by atoms with Crippen molar-refractivity contribution in [3.8, 4) is 78.6 Å². The minimum Gasteiger partial charge on any atom is -0.507 e. The lowest BCUT2D eigenvalue weighted by atomic mass is 9.68. The molecule has 4 nitrogen and oxygen atoms in total. The van der Waals surface area contributed by atoms with Gasteiger partial charge in [0.2, 0.25) is 0 Å². The van der Waals surface area contributed by atoms with Crippen molar-refractivity contribution >= 4 is 11.0 Å². The number of imidazole rings is 1. The van der Waals surface area contributed by atoms with E-state index in [0.29, 0.717) is 33.7 Å². The average Bonchev–Trinajstić information content (AvgIpc) is 3.80. The molecular weight excluding hydrogens is 851 g/mol. The quantitative estimate of drug-likeness (QED) is 0.118. The third kappa shape index (κ3) is 8.78. The summed E-state index contributed by atoms with van der Waals surface area (Å²) < 4.78 is 38.4. The number of fused-ring (bicyclic) bond motifs is 1. The van der Waals surface area contributed by atoms with E-state index in [0.717, 1.165) is 92.6 Å². The Labute approximate surface area is 422 Å². The predicted molar refractivity (Wildman–Crippen MR) is 297 cm³/mol. The van der Waals surface area contributed by atoms with Crippen LogP contribution in [0.25, 0.3) is 83.9 Å². The van der Waals surface area contributed by atoms with Gasteiger partial charge in [-0.25, -0.2) is 4.98 Å². The first-order valence-corrected chi connectivity index (χ1v) is 25.1. The first-order valence-electron chi connectivity index (χ1n) is 27.1. The second-order valence-electron chi connectivity index (χ2n) is 20.1. The van der Waals surface area contributed by atoms with E-state index in [4.69, 9.17) is 11.3 Å². The molecule has 0 aliphatic rings. The first-order chi connectivity index (χ1) is 35.2. The van der Waals surface area contributed by atoms with E-state index in [-0.39, 0.29) is 22.1 Å². The van der Waals surface area contributed by atoms with Crippen molar-refractivity contribution in [3.63, 3.8) is 0 Å². The molecular formula is C66H69N3O. The molecule has 2 heterocycles. The van der Waals surface area contributed by atoms with Crippen molar-refractivity contribution in [1.82, 2.24) is 14.5 Å². The van der Waals surface area contributed by atoms with Gasteiger partial charge in [0.05, 0.1) is 28.0 Å². The van der Waals surface area contributed by atoms with Gasteiger partial charge < -0.3 is 5.11 Å². The molecule has 0 aliphatic carbocycles. The summed E-state index contributed by atoms with van der Waals surface area (Å²) >= 11 is 0. The third-order valence-electron chi connectivity index (χ3n) is 15.6. The van der Waals surface area contributed by atoms with Crippen molar-refractivity contribution in [3.05, 3.63) is 191 Å². The van der Waals surface area contributed by atoms with E-state index < -0.39 is 12.7 Å². The third-order valence-corrected chi connectivity index (χ3v) is 15.6. The lowest BCUT2D eigenvalue weighted by Gasteiger charge is -2.36. The summed E-state index contributed by atoms with van der Waals surface area (Å²) in [5, 5.41) is 12.0. The fourth-order valence-corrected chi connectivity index (χ4v) is 10.4. The van der Waals surface area contributed by atoms with Gasteiger partial charge in [0.1, 0.15) is 11.6 Å². The fourth-order valence-electron chi connectivity index (χ4n) is 10.4. The van der Waals surface area contributed by atoms with E-state index in [1.807, 2.05) is 111 Å². The second kappa shape index (κ2) is 19.4. The van der Waals surface area contributed by atoms with E-state index >= 15 is 0 Å². The highest BCUT2D eigenvalue weighted by atomic mass is 16.3. The number of rotatable bonds is 14. The number of phenols is 1. The number of phenolic OH excluding ortho intramolecular Hbond substituents is 1. The van der Waals surface area contributed by atoms with Gasteiger partial charge >= 0.3 is 0 Å². The van der Waals surface area contributed by atoms with Crippen molar-refractivity contribution in [1.29, 1.82) is 0 Å². The molecule has 0 saturated carbocycles. The Hall–Kier alpha value is -7.04. The average molecular weight is 924 g/mol. The normalized spacial score (nSPS) is 13.2. The number of benzene rings is 7. The number of aryl methyl sites for hydroxylation is 3. The molecule has 4 heteroatoms. The van der Waals surface area contributed by atoms with Crippen LogP contribution in [0.3, 0.4) is 0 Å². The van der Waals surface area contributed by atoms with Crippen LogP contribution in [-0.4, -0.2) is 19.6 Å². The minimum atomic E-state index is -2.53. The minimum absolute atomic E-state index is 0.0912. The van der Waals surface area contributed by atoms with Crippen molar-refractivity contribution in [2.75, 3.05) is 0 Å². The highest BCUT2D eigenvalue weighted by Gasteiger charge is 2.33. The van der Waals surface area contributed by atoms with Gasteiger partial charge in [-0.3, -0.25) is 9.55 Å². The zero-order valence-corrected chi connectivity index (χ0v) is 42.6. The maximum atomic E-state index is 12.0. The smallest absolute Gasteiger partial charge is 0.149 e. The number of aromatic hydroxyl groups is 1. The molecule has 0 bridgehead atoms. The van der Waals surface area contributed by atoms with Gasteiger partial charge in [0, 0.05) is 22.8 Å². The Kier molecular flexibility index (Phi) is 11.9. The number of pyridine rings is 1. The number of aromatic nitrogens is 3. The molecule has 354 valence electrons. The molecule has 7 aromatic carbocycles. The van der Waals surface area contributed by atoms with Crippen molar-refractivity contribution in [2.24, 2.45) is 0 Å². The molecule has 0 amide bonds. The molecule has 0 spiro atoms. The Morgan fingerprint density at radius 1 is 0.586 bits per heavy atom. The van der Waals surface area contributed by atoms with Crippen LogP contribution in [-0.2, 0) is 10.8 Å². The second-order valence-corrected chi connectivity index (χ2v) is 20.1. The lowest BCUT2D eigenvalue weighted by molar-refractivity contribution is 0.426. The van der Waals surface area contributed by atoms with Crippen LogP contribution < -0.4 is 0 Å². The molecule has 0 fully saturated rings. The van der Waals surface area contributed by atoms with Crippen LogP contribution in [0.5, 0.6) is 5.75 Å². The van der Waals surface area contributed by atoms with Crippen LogP contribution >= 0.6 is 0 Å². The largest absolute Gasteiger partial charge is 0.507 e. The van der Waals surface area contributed by atoms with Crippen LogP contribution in [0.4, 0.5) is 0 Å². The predicted octanol–water partition coefficient (Wildman–Crippen LogP) is 18.3. The Bertz CT molecular complexity index is 3480. The number of para-hydroxylation sites is 1. The summed E-state index contributed by atoms with van der Waals surface area (Å²) in [6.45, 7) is 18.8. The van der Waals surface area contributed by atoms with Crippen LogP contribution in [0.1, 0.15) is 126 Å². The molecule has 70 heavy (non-hydrogen) atoms. The number of hydrogen-bond donors (Lipinski definition) is 1. The molecule has 9 aromatic rings. The fraction of sp³-hybridized carbons (Fsp3) is 0.273. The number of hydrogen-bond acceptors (Lipinski definition) is 3. The van der Waals surface area contributed by atoms with Gasteiger partial charge in [0.25, 0.3) is 0 Å². The number of nitrogens with zero attached hydrogens (tertiary/aromatic N) is 3. The molecule has 1 N–H and O–H groups in total. The van der Waals surface area contributed by atoms with Crippen LogP contribution in [0.15, 0.2) is 158 Å². The van der Waals surface area contributed by atoms with Crippen LogP contribution in [0.2, 0.25) is 0 Å². The van der Waals surface area contributed by atoms with Gasteiger partial charge in [-0.1, -0.05) is 152 Å². The summed E-state index contributed by atoms with van der Waals surface area (Å²) in [5.74, 6) is -0.169. The molecule has 0 aliphatic heterocycles. The standard InChI is InChI=1S/C66H69N3O/c1-12-65(10,13-2)56-24-20-25-57(66(11,14-3)15-4)61(56)50-31-32-59(44(8)37-50)69-60-26-19-23-54(62(60)68-64(69)55-36-43(7)35-45(9)63(55)70)52-38-51(47-21-17-16-18-22-47)39-53(40-52)58-41-49(33-34-67-58)48-29-27-46(28-30-48)42(5)6/h16-42,70H,12-15H2,1-11H3/i8D3,42D. The summed E-state index contributed by atoms with van der Waals surface area (Å²) in [6.07, 6.45) is 5.59. The summed E-state index contributed by atoms with van der Waals surface area (Å²) in [4.78, 5) is 10.4. The van der Waals surface area contributed by atoms with Gasteiger partial charge in [-0.05, 0) is 190 Å². The molecule has 0 atom stereocenters. The van der Waals surface area contributed by atoms with Gasteiger partial charge in [-0.15, -0.1) is 0 Å². The van der Waals surface area contributed by atoms with E-state index in [1.165, 1.54) is 11.1 Å². The van der Waals surface area contributed by atoms with E-state index in [9.17, 15) is 9.22 Å². The van der Waals surface area contributed by atoms with E-state index in [1.54, 1.807) is 0 Å². The monoisotopic (exact) mass is 924 g/mol. The Balaban J connectivity index is 1.31. The van der Waals surface area contributed by atoms with Gasteiger partial charge in [0.15, 0.2) is 0 Å². The highest BCUT2D eigenvalue weighted by molar-refractivity contribution is 5.98. The summed E-state index contributed by atoms with van der Waals surface area (Å²) in [7, 11) is 0. The Morgan fingerprint density at radius 3 is 1.87 bits per heavy atom. The SMILES string of the molecule is [2H]C([2H])([2H])c1cc(-c2c(C(C)(CC)CC)cccc2C(C)(CC)CC)ccc1-n1c(-c2cc(C)cc(C)c2O)nc2c(-c3cc(-c4ccccc4)cc(-c4cc(-c5ccc(C([2H])(C)C)cc5)ccn4)c3)cccc21. The lowest BCUT2D eigenvalue weighted by Crippen LogP contribution is -2.25. The summed E-state index contributed by atoms with van der Waals surface area (Å²) in [6, 6.07) is 51.8. The first kappa shape index (κ1) is 43.0. The summed E-state index contributed by atoms with van der Waals surface area (Å²) in [5.41, 5.74) is 16.9. The maximum Gasteiger partial charge on any atom is 0.149 e. The maximum absolute atomic E-state index is 12.0. The molecule has 2 aromatic heterocycles. The molecule has 9 rings (SSSR count). The van der Waals surface area contributed by atoms with Gasteiger partial charge in [-0.2, -0.15) is 0 Å².